The van der Waals surface area contributed by atoms with Gasteiger partial charge in [-0.1, -0.05) is 6.07 Å². The van der Waals surface area contributed by atoms with Gasteiger partial charge in [-0.3, -0.25) is 4.79 Å². The standard InChI is InChI=1S/C18H18N4O2S/c1-9-3-5-11-7-12(8-24-17(11)20-9)22-16(23)15-14(19)13-6-4-10(2)21-18(13)25-15/h3-6,12H,7-8,19H2,1-2H3,(H,22,23)/t12-/m1/s1. The van der Waals surface area contributed by atoms with Crippen LogP contribution in [0, 0.1) is 13.8 Å². The van der Waals surface area contributed by atoms with E-state index in [4.69, 9.17) is 10.5 Å². The first kappa shape index (κ1) is 15.8. The van der Waals surface area contributed by atoms with Crippen LogP contribution in [0.3, 0.4) is 0 Å². The molecule has 6 nitrogen and oxygen atoms in total. The third-order valence-electron chi connectivity index (χ3n) is 4.24. The Hall–Kier alpha value is -2.67. The number of thiophene rings is 1. The lowest BCUT2D eigenvalue weighted by Gasteiger charge is -2.25. The SMILES string of the molecule is Cc1ccc2c(n1)OC[C@H](NC(=O)c1sc3nc(C)ccc3c1N)C2. The zero-order chi connectivity index (χ0) is 17.6. The maximum Gasteiger partial charge on any atom is 0.263 e. The van der Waals surface area contributed by atoms with E-state index in [1.165, 1.54) is 11.3 Å². The van der Waals surface area contributed by atoms with Crippen molar-refractivity contribution in [3.05, 3.63) is 46.1 Å². The molecule has 0 aliphatic carbocycles. The van der Waals surface area contributed by atoms with Gasteiger partial charge in [0, 0.05) is 28.8 Å². The quantitative estimate of drug-likeness (QED) is 0.738. The lowest BCUT2D eigenvalue weighted by atomic mass is 10.0. The number of nitrogens with zero attached hydrogens (tertiary/aromatic N) is 2. The maximum absolute atomic E-state index is 12.7. The smallest absolute Gasteiger partial charge is 0.263 e. The second-order valence-electron chi connectivity index (χ2n) is 6.25. The number of aryl methyl sites for hydroxylation is 2. The third kappa shape index (κ3) is 2.91. The number of hydrogen-bond donors (Lipinski definition) is 2. The average molecular weight is 354 g/mol. The van der Waals surface area contributed by atoms with Crippen LogP contribution in [-0.2, 0) is 6.42 Å². The summed E-state index contributed by atoms with van der Waals surface area (Å²) in [4.78, 5) is 22.8. The summed E-state index contributed by atoms with van der Waals surface area (Å²) in [5.41, 5.74) is 9.47. The van der Waals surface area contributed by atoms with Gasteiger partial charge in [0.1, 0.15) is 16.3 Å². The minimum atomic E-state index is -0.185. The molecule has 128 valence electrons. The molecule has 25 heavy (non-hydrogen) atoms. The molecule has 3 aromatic heterocycles. The Labute approximate surface area is 149 Å². The number of hydrogen-bond acceptors (Lipinski definition) is 6. The van der Waals surface area contributed by atoms with Gasteiger partial charge in [0.2, 0.25) is 5.88 Å². The summed E-state index contributed by atoms with van der Waals surface area (Å²) in [7, 11) is 0. The van der Waals surface area contributed by atoms with E-state index in [1.807, 2.05) is 38.1 Å². The molecule has 0 unspecified atom stereocenters. The van der Waals surface area contributed by atoms with Crippen molar-refractivity contribution in [2.45, 2.75) is 26.3 Å². The van der Waals surface area contributed by atoms with Crippen LogP contribution in [0.1, 0.15) is 26.6 Å². The van der Waals surface area contributed by atoms with Crippen molar-refractivity contribution in [3.63, 3.8) is 0 Å². The van der Waals surface area contributed by atoms with Gasteiger partial charge in [-0.15, -0.1) is 11.3 Å². The van der Waals surface area contributed by atoms with Crippen LogP contribution in [0.25, 0.3) is 10.2 Å². The van der Waals surface area contributed by atoms with Crippen molar-refractivity contribution in [3.8, 4) is 5.88 Å². The number of nitrogen functional groups attached to an aromatic ring is 1. The number of fused-ring (bicyclic) bond motifs is 2. The predicted molar refractivity (Wildman–Crippen MR) is 98.2 cm³/mol. The first-order valence-corrected chi connectivity index (χ1v) is 8.88. The lowest BCUT2D eigenvalue weighted by Crippen LogP contribution is -2.42. The molecule has 4 heterocycles. The lowest BCUT2D eigenvalue weighted by molar-refractivity contribution is 0.0918. The van der Waals surface area contributed by atoms with Crippen LogP contribution in [0.2, 0.25) is 0 Å². The number of rotatable bonds is 2. The van der Waals surface area contributed by atoms with E-state index >= 15 is 0 Å². The molecule has 1 aliphatic rings. The number of nitrogens with two attached hydrogens (primary N) is 1. The molecule has 0 aromatic carbocycles. The molecule has 0 saturated heterocycles. The molecule has 1 aliphatic heterocycles. The van der Waals surface area contributed by atoms with Crippen molar-refractivity contribution >= 4 is 33.1 Å². The van der Waals surface area contributed by atoms with Gasteiger partial charge in [-0.05, 0) is 32.0 Å². The van der Waals surface area contributed by atoms with Crippen LogP contribution in [0.15, 0.2) is 24.3 Å². The van der Waals surface area contributed by atoms with Crippen LogP contribution in [0.4, 0.5) is 5.69 Å². The summed E-state index contributed by atoms with van der Waals surface area (Å²) in [5.74, 6) is 0.474. The largest absolute Gasteiger partial charge is 0.475 e. The van der Waals surface area contributed by atoms with E-state index in [1.54, 1.807) is 0 Å². The van der Waals surface area contributed by atoms with E-state index in [9.17, 15) is 4.79 Å². The molecule has 0 saturated carbocycles. The van der Waals surface area contributed by atoms with Gasteiger partial charge in [0.25, 0.3) is 5.91 Å². The second kappa shape index (κ2) is 6.00. The topological polar surface area (TPSA) is 90.1 Å². The second-order valence-corrected chi connectivity index (χ2v) is 7.25. The number of carbonyl (C=O) groups is 1. The summed E-state index contributed by atoms with van der Waals surface area (Å²) in [6.45, 7) is 4.25. The predicted octanol–water partition coefficient (Wildman–Crippen LogP) is 2.62. The Morgan fingerprint density at radius 2 is 2.00 bits per heavy atom. The van der Waals surface area contributed by atoms with E-state index in [2.05, 4.69) is 15.3 Å². The number of carbonyl (C=O) groups excluding carboxylic acids is 1. The van der Waals surface area contributed by atoms with Crippen LogP contribution < -0.4 is 15.8 Å². The molecule has 4 rings (SSSR count). The number of anilines is 1. The van der Waals surface area contributed by atoms with Crippen molar-refractivity contribution in [1.29, 1.82) is 0 Å². The minimum Gasteiger partial charge on any atom is -0.475 e. The highest BCUT2D eigenvalue weighted by Crippen LogP contribution is 2.32. The highest BCUT2D eigenvalue weighted by Gasteiger charge is 2.25. The Balaban J connectivity index is 1.55. The number of nitrogens with one attached hydrogen (secondary N) is 1. The zero-order valence-corrected chi connectivity index (χ0v) is 14.8. The van der Waals surface area contributed by atoms with Crippen molar-refractivity contribution in [1.82, 2.24) is 15.3 Å². The highest BCUT2D eigenvalue weighted by atomic mass is 32.1. The molecule has 3 aromatic rings. The minimum absolute atomic E-state index is 0.108. The van der Waals surface area contributed by atoms with Gasteiger partial charge in [0.15, 0.2) is 0 Å². The molecule has 1 amide bonds. The number of aromatic nitrogens is 2. The molecule has 7 heteroatoms. The van der Waals surface area contributed by atoms with Gasteiger partial charge in [-0.2, -0.15) is 0 Å². The Morgan fingerprint density at radius 3 is 2.84 bits per heavy atom. The van der Waals surface area contributed by atoms with E-state index in [0.29, 0.717) is 29.5 Å². The third-order valence-corrected chi connectivity index (χ3v) is 5.35. The van der Waals surface area contributed by atoms with Crippen LogP contribution in [-0.4, -0.2) is 28.5 Å². The van der Waals surface area contributed by atoms with Crippen LogP contribution in [0.5, 0.6) is 5.88 Å². The van der Waals surface area contributed by atoms with Crippen molar-refractivity contribution < 1.29 is 9.53 Å². The van der Waals surface area contributed by atoms with E-state index < -0.39 is 0 Å². The Morgan fingerprint density at radius 1 is 1.24 bits per heavy atom. The Bertz CT molecular complexity index is 983. The molecule has 3 N–H and O–H groups in total. The van der Waals surface area contributed by atoms with Crippen LogP contribution >= 0.6 is 11.3 Å². The highest BCUT2D eigenvalue weighted by molar-refractivity contribution is 7.21. The summed E-state index contributed by atoms with van der Waals surface area (Å²) in [5, 5.41) is 3.84. The molecule has 0 spiro atoms. The average Bonchev–Trinajstić information content (AvgIpc) is 2.91. The molecule has 0 radical (unpaired) electrons. The first-order chi connectivity index (χ1) is 12.0. The molecule has 0 bridgehead atoms. The van der Waals surface area contributed by atoms with Gasteiger partial charge < -0.3 is 15.8 Å². The molecule has 0 fully saturated rings. The van der Waals surface area contributed by atoms with Crippen molar-refractivity contribution in [2.24, 2.45) is 0 Å². The maximum atomic E-state index is 12.7. The monoisotopic (exact) mass is 354 g/mol. The number of pyridine rings is 2. The fraction of sp³-hybridized carbons (Fsp3) is 0.278. The molecule has 1 atom stereocenters. The summed E-state index contributed by atoms with van der Waals surface area (Å²) >= 11 is 1.32. The first-order valence-electron chi connectivity index (χ1n) is 8.07. The Kier molecular flexibility index (Phi) is 3.80. The summed E-state index contributed by atoms with van der Waals surface area (Å²) < 4.78 is 5.69. The number of amides is 1. The molecular weight excluding hydrogens is 336 g/mol. The zero-order valence-electron chi connectivity index (χ0n) is 14.0. The van der Waals surface area contributed by atoms with Gasteiger partial charge in [-0.25, -0.2) is 9.97 Å². The van der Waals surface area contributed by atoms with E-state index in [0.717, 1.165) is 27.2 Å². The summed E-state index contributed by atoms with van der Waals surface area (Å²) in [6.07, 6.45) is 0.691. The normalized spacial score (nSPS) is 16.3. The van der Waals surface area contributed by atoms with E-state index in [-0.39, 0.29) is 11.9 Å². The fourth-order valence-corrected chi connectivity index (χ4v) is 3.99. The van der Waals surface area contributed by atoms with Crippen molar-refractivity contribution in [2.75, 3.05) is 12.3 Å². The fourth-order valence-electron chi connectivity index (χ4n) is 2.95. The van der Waals surface area contributed by atoms with Gasteiger partial charge in [0.05, 0.1) is 11.7 Å². The van der Waals surface area contributed by atoms with Gasteiger partial charge >= 0.3 is 0 Å². The molecular formula is C18H18N4O2S. The number of ether oxygens (including phenoxy) is 1. The summed E-state index contributed by atoms with van der Waals surface area (Å²) in [6, 6.07) is 7.65.